The van der Waals surface area contributed by atoms with E-state index < -0.39 is 11.6 Å². The maximum Gasteiger partial charge on any atom is 0.323 e. The van der Waals surface area contributed by atoms with Crippen molar-refractivity contribution >= 4 is 5.97 Å². The largest absolute Gasteiger partial charge is 0.458 e. The van der Waals surface area contributed by atoms with Crippen molar-refractivity contribution in [2.24, 2.45) is 34.8 Å². The van der Waals surface area contributed by atoms with Crippen molar-refractivity contribution in [3.63, 3.8) is 0 Å². The van der Waals surface area contributed by atoms with Crippen LogP contribution in [-0.4, -0.2) is 29.8 Å². The van der Waals surface area contributed by atoms with Crippen LogP contribution in [0.3, 0.4) is 0 Å². The van der Waals surface area contributed by atoms with E-state index in [0.29, 0.717) is 24.4 Å². The van der Waals surface area contributed by atoms with E-state index in [4.69, 9.17) is 15.2 Å². The molecule has 0 bridgehead atoms. The molecule has 174 valence electrons. The molecule has 4 heteroatoms. The molecule has 0 aliphatic carbocycles. The molecule has 0 radical (unpaired) electrons. The Kier molecular flexibility index (Phi) is 10.9. The Hall–Kier alpha value is -0.610. The van der Waals surface area contributed by atoms with E-state index >= 15 is 0 Å². The fraction of sp³-hybridized carbons (Fsp3) is 0.960. The smallest absolute Gasteiger partial charge is 0.323 e. The third kappa shape index (κ3) is 8.96. The van der Waals surface area contributed by atoms with Gasteiger partial charge < -0.3 is 15.2 Å². The zero-order valence-electron chi connectivity index (χ0n) is 21.5. The summed E-state index contributed by atoms with van der Waals surface area (Å²) in [5.74, 6) is 1.61. The Bertz CT molecular complexity index is 496. The Morgan fingerprint density at radius 3 is 1.86 bits per heavy atom. The van der Waals surface area contributed by atoms with Crippen LogP contribution in [0, 0.1) is 29.1 Å². The molecule has 0 rings (SSSR count). The summed E-state index contributed by atoms with van der Waals surface area (Å²) in [6.45, 7) is 26.6. The van der Waals surface area contributed by atoms with Crippen LogP contribution in [0.4, 0.5) is 0 Å². The number of rotatable bonds is 13. The maximum atomic E-state index is 11.9. The van der Waals surface area contributed by atoms with E-state index in [1.165, 1.54) is 6.42 Å². The zero-order chi connectivity index (χ0) is 23.2. The van der Waals surface area contributed by atoms with Gasteiger partial charge in [-0.3, -0.25) is 4.79 Å². The van der Waals surface area contributed by atoms with Gasteiger partial charge in [0.25, 0.3) is 0 Å². The Balaban J connectivity index is 5.28. The second-order valence-corrected chi connectivity index (χ2v) is 11.3. The van der Waals surface area contributed by atoms with E-state index in [1.807, 2.05) is 13.8 Å². The lowest BCUT2D eigenvalue weighted by atomic mass is 9.61. The lowest BCUT2D eigenvalue weighted by molar-refractivity contribution is -0.168. The molecule has 0 saturated heterocycles. The van der Waals surface area contributed by atoms with Crippen molar-refractivity contribution in [2.45, 2.75) is 120 Å². The van der Waals surface area contributed by atoms with Crippen molar-refractivity contribution in [3.05, 3.63) is 0 Å². The lowest BCUT2D eigenvalue weighted by Crippen LogP contribution is -2.45. The third-order valence-electron chi connectivity index (χ3n) is 6.91. The van der Waals surface area contributed by atoms with Crippen molar-refractivity contribution in [1.82, 2.24) is 0 Å². The van der Waals surface area contributed by atoms with Crippen molar-refractivity contribution < 1.29 is 14.3 Å². The van der Waals surface area contributed by atoms with Crippen LogP contribution in [0.2, 0.25) is 0 Å². The first kappa shape index (κ1) is 28.4. The number of esters is 1. The van der Waals surface area contributed by atoms with Crippen LogP contribution in [0.1, 0.15) is 102 Å². The predicted molar refractivity (Wildman–Crippen MR) is 124 cm³/mol. The molecule has 0 spiro atoms. The van der Waals surface area contributed by atoms with Gasteiger partial charge in [0.15, 0.2) is 0 Å². The summed E-state index contributed by atoms with van der Waals surface area (Å²) in [7, 11) is 0. The summed E-state index contributed by atoms with van der Waals surface area (Å²) in [5, 5.41) is 0. The van der Waals surface area contributed by atoms with Gasteiger partial charge >= 0.3 is 5.97 Å². The molecule has 0 aliphatic heterocycles. The highest BCUT2D eigenvalue weighted by molar-refractivity contribution is 5.75. The van der Waals surface area contributed by atoms with Crippen molar-refractivity contribution in [3.8, 4) is 0 Å². The second kappa shape index (κ2) is 11.1. The maximum absolute atomic E-state index is 11.9. The highest BCUT2D eigenvalue weighted by Gasteiger charge is 2.42. The molecule has 0 aliphatic rings. The Labute approximate surface area is 181 Å². The highest BCUT2D eigenvalue weighted by atomic mass is 16.6. The summed E-state index contributed by atoms with van der Waals surface area (Å²) in [5.41, 5.74) is 5.05. The van der Waals surface area contributed by atoms with Gasteiger partial charge in [-0.25, -0.2) is 0 Å². The zero-order valence-corrected chi connectivity index (χ0v) is 21.5. The minimum atomic E-state index is -0.619. The molecule has 0 aromatic rings. The predicted octanol–water partition coefficient (Wildman–Crippen LogP) is 6.21. The van der Waals surface area contributed by atoms with Gasteiger partial charge in [-0.05, 0) is 70.6 Å². The molecule has 4 nitrogen and oxygen atoms in total. The number of hydrogen-bond donors (Lipinski definition) is 1. The van der Waals surface area contributed by atoms with Gasteiger partial charge in [-0.15, -0.1) is 0 Å². The average Bonchev–Trinajstić information content (AvgIpc) is 2.56. The highest BCUT2D eigenvalue weighted by Crippen LogP contribution is 2.48. The van der Waals surface area contributed by atoms with Gasteiger partial charge in [0, 0.05) is 5.92 Å². The standard InChI is InChI=1S/C25H51NO3/c1-13-25(14-17(2)3,20(7)18(4)5)16-23(9,10)28-15-19(6)24(11,12)29-22(27)21(8)26/h17-21H,13-16,26H2,1-12H3. The first-order valence-corrected chi connectivity index (χ1v) is 11.6. The van der Waals surface area contributed by atoms with Crippen LogP contribution >= 0.6 is 0 Å². The molecule has 0 aromatic carbocycles. The number of carbonyl (C=O) groups is 1. The molecule has 0 heterocycles. The fourth-order valence-corrected chi connectivity index (χ4v) is 4.43. The summed E-state index contributed by atoms with van der Waals surface area (Å²) in [6.07, 6.45) is 3.40. The molecular formula is C25H51NO3. The van der Waals surface area contributed by atoms with Crippen LogP contribution < -0.4 is 5.73 Å². The van der Waals surface area contributed by atoms with Crippen molar-refractivity contribution in [2.75, 3.05) is 6.61 Å². The molecule has 0 fully saturated rings. The molecule has 0 amide bonds. The van der Waals surface area contributed by atoms with Crippen LogP contribution in [0.25, 0.3) is 0 Å². The van der Waals surface area contributed by atoms with E-state index in [2.05, 4.69) is 62.3 Å². The fourth-order valence-electron chi connectivity index (χ4n) is 4.43. The van der Waals surface area contributed by atoms with E-state index in [0.717, 1.165) is 12.8 Å². The molecule has 29 heavy (non-hydrogen) atoms. The minimum absolute atomic E-state index is 0.0631. The third-order valence-corrected chi connectivity index (χ3v) is 6.91. The Morgan fingerprint density at radius 2 is 1.48 bits per heavy atom. The van der Waals surface area contributed by atoms with Crippen LogP contribution in [0.15, 0.2) is 0 Å². The minimum Gasteiger partial charge on any atom is -0.458 e. The monoisotopic (exact) mass is 413 g/mol. The van der Waals surface area contributed by atoms with E-state index in [-0.39, 0.29) is 22.9 Å². The SMILES string of the molecule is CCC(CC(C)C)(CC(C)(C)OCC(C)C(C)(C)OC(=O)C(C)N)C(C)C(C)C. The number of ether oxygens (including phenoxy) is 2. The summed E-state index contributed by atoms with van der Waals surface area (Å²) in [6, 6.07) is -0.613. The van der Waals surface area contributed by atoms with Gasteiger partial charge in [-0.2, -0.15) is 0 Å². The van der Waals surface area contributed by atoms with Gasteiger partial charge in [-0.1, -0.05) is 54.9 Å². The van der Waals surface area contributed by atoms with Crippen LogP contribution in [-0.2, 0) is 14.3 Å². The van der Waals surface area contributed by atoms with Crippen molar-refractivity contribution in [1.29, 1.82) is 0 Å². The van der Waals surface area contributed by atoms with Gasteiger partial charge in [0.2, 0.25) is 0 Å². The lowest BCUT2D eigenvalue weighted by Gasteiger charge is -2.47. The molecule has 0 aromatic heterocycles. The summed E-state index contributed by atoms with van der Waals surface area (Å²) >= 11 is 0. The summed E-state index contributed by atoms with van der Waals surface area (Å²) in [4.78, 5) is 11.9. The number of carbonyl (C=O) groups excluding carboxylic acids is 1. The van der Waals surface area contributed by atoms with E-state index in [1.54, 1.807) is 6.92 Å². The van der Waals surface area contributed by atoms with E-state index in [9.17, 15) is 4.79 Å². The van der Waals surface area contributed by atoms with Crippen LogP contribution in [0.5, 0.6) is 0 Å². The normalized spacial score (nSPS) is 18.4. The molecule has 2 N–H and O–H groups in total. The summed E-state index contributed by atoms with van der Waals surface area (Å²) < 4.78 is 12.1. The number of hydrogen-bond acceptors (Lipinski definition) is 4. The molecule has 4 atom stereocenters. The molecule has 0 saturated carbocycles. The first-order chi connectivity index (χ1) is 13.0. The quantitative estimate of drug-likeness (QED) is 0.365. The topological polar surface area (TPSA) is 61.5 Å². The first-order valence-electron chi connectivity index (χ1n) is 11.6. The van der Waals surface area contributed by atoms with Gasteiger partial charge in [0.1, 0.15) is 11.6 Å². The second-order valence-electron chi connectivity index (χ2n) is 11.3. The molecular weight excluding hydrogens is 362 g/mol. The Morgan fingerprint density at radius 1 is 0.966 bits per heavy atom. The average molecular weight is 414 g/mol. The molecule has 4 unspecified atom stereocenters. The number of nitrogens with two attached hydrogens (primary N) is 1. The van der Waals surface area contributed by atoms with Gasteiger partial charge in [0.05, 0.1) is 12.2 Å².